The highest BCUT2D eigenvalue weighted by molar-refractivity contribution is 5.79. The summed E-state index contributed by atoms with van der Waals surface area (Å²) in [5.41, 5.74) is 1.18. The largest absolute Gasteiger partial charge is 0.355 e. The summed E-state index contributed by atoms with van der Waals surface area (Å²) in [7, 11) is 1.80. The molecule has 0 fully saturated rings. The SMILES string of the molecule is CCc1nc2n(n1)CC(NC(=NC)NCCn1cc(C)cn1)CC2. The first-order chi connectivity index (χ1) is 11.7. The fourth-order valence-corrected chi connectivity index (χ4v) is 2.89. The summed E-state index contributed by atoms with van der Waals surface area (Å²) in [5.74, 6) is 2.85. The normalized spacial score (nSPS) is 17.6. The van der Waals surface area contributed by atoms with Gasteiger partial charge < -0.3 is 10.6 Å². The van der Waals surface area contributed by atoms with Crippen molar-refractivity contribution in [2.24, 2.45) is 4.99 Å². The number of nitrogens with zero attached hydrogens (tertiary/aromatic N) is 6. The van der Waals surface area contributed by atoms with Crippen LogP contribution in [0.5, 0.6) is 0 Å². The average Bonchev–Trinajstić information content (AvgIpc) is 3.19. The molecule has 1 atom stereocenters. The van der Waals surface area contributed by atoms with Gasteiger partial charge in [0.25, 0.3) is 0 Å². The molecule has 8 nitrogen and oxygen atoms in total. The van der Waals surface area contributed by atoms with Crippen LogP contribution < -0.4 is 10.6 Å². The van der Waals surface area contributed by atoms with E-state index >= 15 is 0 Å². The molecule has 0 saturated carbocycles. The Morgan fingerprint density at radius 1 is 1.46 bits per heavy atom. The highest BCUT2D eigenvalue weighted by atomic mass is 15.4. The standard InChI is InChI=1S/C16H26N8/c1-4-14-21-15-6-5-13(11-24(15)22-14)20-16(17-3)18-7-8-23-10-12(2)9-19-23/h9-10,13H,4-8,11H2,1-3H3,(H2,17,18,20). The molecule has 8 heteroatoms. The molecule has 2 N–H and O–H groups in total. The topological polar surface area (TPSA) is 85.0 Å². The Hall–Kier alpha value is -2.38. The van der Waals surface area contributed by atoms with Gasteiger partial charge in [-0.15, -0.1) is 0 Å². The van der Waals surface area contributed by atoms with Crippen molar-refractivity contribution in [3.05, 3.63) is 29.6 Å². The van der Waals surface area contributed by atoms with E-state index in [1.165, 1.54) is 5.56 Å². The predicted octanol–water partition coefficient (Wildman–Crippen LogP) is 0.525. The van der Waals surface area contributed by atoms with Crippen LogP contribution in [0.2, 0.25) is 0 Å². The monoisotopic (exact) mass is 330 g/mol. The number of aryl methyl sites for hydroxylation is 3. The molecule has 0 aromatic carbocycles. The van der Waals surface area contributed by atoms with E-state index in [4.69, 9.17) is 0 Å². The molecule has 1 aliphatic rings. The molecule has 2 aromatic rings. The smallest absolute Gasteiger partial charge is 0.191 e. The highest BCUT2D eigenvalue weighted by Gasteiger charge is 2.21. The van der Waals surface area contributed by atoms with E-state index < -0.39 is 0 Å². The predicted molar refractivity (Wildman–Crippen MR) is 93.0 cm³/mol. The first-order valence-electron chi connectivity index (χ1n) is 8.56. The molecule has 0 saturated heterocycles. The van der Waals surface area contributed by atoms with Crippen LogP contribution in [0.15, 0.2) is 17.4 Å². The molecule has 130 valence electrons. The van der Waals surface area contributed by atoms with Gasteiger partial charge in [-0.1, -0.05) is 6.92 Å². The molecule has 1 aliphatic heterocycles. The number of rotatable bonds is 5. The van der Waals surface area contributed by atoms with E-state index in [0.29, 0.717) is 6.04 Å². The molecule has 0 bridgehead atoms. The van der Waals surface area contributed by atoms with E-state index in [9.17, 15) is 0 Å². The minimum atomic E-state index is 0.321. The van der Waals surface area contributed by atoms with E-state index in [-0.39, 0.29) is 0 Å². The molecular formula is C16H26N8. The van der Waals surface area contributed by atoms with Crippen molar-refractivity contribution in [2.45, 2.75) is 52.2 Å². The van der Waals surface area contributed by atoms with Crippen molar-refractivity contribution in [2.75, 3.05) is 13.6 Å². The highest BCUT2D eigenvalue weighted by Crippen LogP contribution is 2.13. The quantitative estimate of drug-likeness (QED) is 0.617. The van der Waals surface area contributed by atoms with E-state index in [0.717, 1.165) is 56.5 Å². The van der Waals surface area contributed by atoms with Gasteiger partial charge in [-0.25, -0.2) is 9.67 Å². The van der Waals surface area contributed by atoms with Crippen LogP contribution >= 0.6 is 0 Å². The first kappa shape index (κ1) is 16.5. The van der Waals surface area contributed by atoms with Gasteiger partial charge in [-0.05, 0) is 18.9 Å². The molecule has 0 aliphatic carbocycles. The lowest BCUT2D eigenvalue weighted by atomic mass is 10.1. The van der Waals surface area contributed by atoms with Gasteiger partial charge in [-0.3, -0.25) is 9.67 Å². The molecule has 24 heavy (non-hydrogen) atoms. The van der Waals surface area contributed by atoms with Crippen LogP contribution in [0.4, 0.5) is 0 Å². The van der Waals surface area contributed by atoms with Crippen LogP contribution in [-0.4, -0.2) is 50.1 Å². The molecule has 3 heterocycles. The maximum Gasteiger partial charge on any atom is 0.191 e. The number of aromatic nitrogens is 5. The summed E-state index contributed by atoms with van der Waals surface area (Å²) in [6, 6.07) is 0.321. The van der Waals surface area contributed by atoms with Crippen molar-refractivity contribution < 1.29 is 0 Å². The van der Waals surface area contributed by atoms with Gasteiger partial charge in [0, 0.05) is 38.7 Å². The molecule has 2 aromatic heterocycles. The van der Waals surface area contributed by atoms with Crippen LogP contribution in [0.25, 0.3) is 0 Å². The summed E-state index contributed by atoms with van der Waals surface area (Å²) in [4.78, 5) is 8.87. The number of aliphatic imine (C=N–C) groups is 1. The van der Waals surface area contributed by atoms with Crippen molar-refractivity contribution in [1.29, 1.82) is 0 Å². The van der Waals surface area contributed by atoms with Crippen molar-refractivity contribution >= 4 is 5.96 Å². The summed E-state index contributed by atoms with van der Waals surface area (Å²) < 4.78 is 3.96. The lowest BCUT2D eigenvalue weighted by molar-refractivity contribution is 0.391. The van der Waals surface area contributed by atoms with Gasteiger partial charge in [0.2, 0.25) is 0 Å². The average molecular weight is 330 g/mol. The van der Waals surface area contributed by atoms with Crippen molar-refractivity contribution in [3.63, 3.8) is 0 Å². The minimum Gasteiger partial charge on any atom is -0.355 e. The summed E-state index contributed by atoms with van der Waals surface area (Å²) in [6.45, 7) is 6.56. The Morgan fingerprint density at radius 2 is 2.33 bits per heavy atom. The van der Waals surface area contributed by atoms with Gasteiger partial charge in [0.1, 0.15) is 5.82 Å². The zero-order chi connectivity index (χ0) is 16.9. The van der Waals surface area contributed by atoms with Crippen LogP contribution in [0.3, 0.4) is 0 Å². The van der Waals surface area contributed by atoms with E-state index in [2.05, 4.69) is 37.7 Å². The molecule has 0 spiro atoms. The fourth-order valence-electron chi connectivity index (χ4n) is 2.89. The Labute approximate surface area is 142 Å². The maximum atomic E-state index is 4.56. The first-order valence-corrected chi connectivity index (χ1v) is 8.56. The van der Waals surface area contributed by atoms with Gasteiger partial charge >= 0.3 is 0 Å². The number of hydrogen-bond acceptors (Lipinski definition) is 4. The molecule has 0 radical (unpaired) electrons. The lowest BCUT2D eigenvalue weighted by Crippen LogP contribution is -2.47. The third-order valence-corrected chi connectivity index (χ3v) is 4.18. The van der Waals surface area contributed by atoms with Crippen LogP contribution in [0.1, 0.15) is 30.6 Å². The Balaban J connectivity index is 1.49. The molecule has 3 rings (SSSR count). The van der Waals surface area contributed by atoms with Gasteiger partial charge in [-0.2, -0.15) is 10.2 Å². The van der Waals surface area contributed by atoms with Crippen molar-refractivity contribution in [3.8, 4) is 0 Å². The number of hydrogen-bond donors (Lipinski definition) is 2. The lowest BCUT2D eigenvalue weighted by Gasteiger charge is -2.25. The number of guanidine groups is 1. The third-order valence-electron chi connectivity index (χ3n) is 4.18. The Bertz CT molecular complexity index is 699. The van der Waals surface area contributed by atoms with E-state index in [1.807, 2.05) is 28.7 Å². The summed E-state index contributed by atoms with van der Waals surface area (Å²) >= 11 is 0. The minimum absolute atomic E-state index is 0.321. The molecule has 0 amide bonds. The Kier molecular flexibility index (Phi) is 5.12. The Morgan fingerprint density at radius 3 is 3.04 bits per heavy atom. The zero-order valence-corrected chi connectivity index (χ0v) is 14.7. The van der Waals surface area contributed by atoms with Gasteiger partial charge in [0.15, 0.2) is 11.8 Å². The van der Waals surface area contributed by atoms with E-state index in [1.54, 1.807) is 7.05 Å². The summed E-state index contributed by atoms with van der Waals surface area (Å²) in [5, 5.41) is 15.7. The zero-order valence-electron chi connectivity index (χ0n) is 14.7. The van der Waals surface area contributed by atoms with Crippen LogP contribution in [-0.2, 0) is 25.9 Å². The third kappa shape index (κ3) is 3.93. The van der Waals surface area contributed by atoms with Crippen molar-refractivity contribution in [1.82, 2.24) is 35.2 Å². The second-order valence-electron chi connectivity index (χ2n) is 6.14. The summed E-state index contributed by atoms with van der Waals surface area (Å²) in [6.07, 6.45) is 6.79. The second kappa shape index (κ2) is 7.46. The molecule has 1 unspecified atom stereocenters. The second-order valence-corrected chi connectivity index (χ2v) is 6.14. The van der Waals surface area contributed by atoms with Crippen LogP contribution in [0, 0.1) is 6.92 Å². The molecular weight excluding hydrogens is 304 g/mol. The van der Waals surface area contributed by atoms with Gasteiger partial charge in [0.05, 0.1) is 19.3 Å². The number of nitrogens with one attached hydrogen (secondary N) is 2. The number of fused-ring (bicyclic) bond motifs is 1. The fraction of sp³-hybridized carbons (Fsp3) is 0.625. The maximum absolute atomic E-state index is 4.56.